The zero-order valence-electron chi connectivity index (χ0n) is 15.7. The molecular formula is C19H15ClN6OS3. The Hall–Kier alpha value is -2.66. The second-order valence-corrected chi connectivity index (χ2v) is 8.97. The molecule has 0 atom stereocenters. The lowest BCUT2D eigenvalue weighted by molar-refractivity contribution is 0.103. The summed E-state index contributed by atoms with van der Waals surface area (Å²) in [6, 6.07) is 7.39. The number of aryl methyl sites for hydroxylation is 1. The van der Waals surface area contributed by atoms with Gasteiger partial charge in [0.15, 0.2) is 15.7 Å². The highest BCUT2D eigenvalue weighted by atomic mass is 35.5. The second kappa shape index (κ2) is 8.60. The molecule has 0 saturated carbocycles. The summed E-state index contributed by atoms with van der Waals surface area (Å²) in [5, 5.41) is 11.7. The molecule has 3 heterocycles. The lowest BCUT2D eigenvalue weighted by Crippen LogP contribution is -2.09. The number of H-pyrrole nitrogens is 1. The van der Waals surface area contributed by atoms with Crippen LogP contribution < -0.4 is 5.32 Å². The molecule has 0 spiro atoms. The van der Waals surface area contributed by atoms with E-state index in [-0.39, 0.29) is 5.91 Å². The molecule has 0 radical (unpaired) electrons. The Bertz CT molecular complexity index is 1300. The minimum atomic E-state index is -0.281. The van der Waals surface area contributed by atoms with Crippen molar-refractivity contribution in [1.82, 2.24) is 24.7 Å². The van der Waals surface area contributed by atoms with Crippen LogP contribution in [-0.4, -0.2) is 30.6 Å². The van der Waals surface area contributed by atoms with Crippen LogP contribution in [0.2, 0.25) is 5.02 Å². The number of allylic oxidation sites excluding steroid dienone is 1. The standard InChI is InChI=1S/C19H15ClN6OS3/c1-3-8-26-15(24-25-19(26)28)14-10(2)22-18(30-14)23-16(27)13-9-21-17(29-13)11-6-4-5-7-12(11)20/h3-7,9H,1,8H2,2H3,(H,25,28)(H,22,23,27). The molecule has 3 aromatic heterocycles. The molecule has 4 aromatic rings. The van der Waals surface area contributed by atoms with Crippen molar-refractivity contribution < 1.29 is 4.79 Å². The average Bonchev–Trinajstić information content (AvgIpc) is 3.43. The van der Waals surface area contributed by atoms with Gasteiger partial charge in [0.25, 0.3) is 5.91 Å². The summed E-state index contributed by atoms with van der Waals surface area (Å²) in [6.07, 6.45) is 3.28. The van der Waals surface area contributed by atoms with Gasteiger partial charge in [0.2, 0.25) is 0 Å². The van der Waals surface area contributed by atoms with Gasteiger partial charge in [-0.25, -0.2) is 9.97 Å². The van der Waals surface area contributed by atoms with Gasteiger partial charge in [0.05, 0.1) is 21.8 Å². The van der Waals surface area contributed by atoms with Gasteiger partial charge in [-0.1, -0.05) is 47.2 Å². The first kappa shape index (κ1) is 20.6. The second-order valence-electron chi connectivity index (χ2n) is 6.15. The third kappa shape index (κ3) is 3.99. The first-order valence-electron chi connectivity index (χ1n) is 8.74. The van der Waals surface area contributed by atoms with Gasteiger partial charge in [-0.05, 0) is 25.2 Å². The molecule has 0 bridgehead atoms. The highest BCUT2D eigenvalue weighted by Crippen LogP contribution is 2.33. The van der Waals surface area contributed by atoms with Crippen LogP contribution in [-0.2, 0) is 6.54 Å². The van der Waals surface area contributed by atoms with Crippen molar-refractivity contribution in [3.05, 3.63) is 63.5 Å². The van der Waals surface area contributed by atoms with Crippen molar-refractivity contribution in [1.29, 1.82) is 0 Å². The molecule has 0 unspecified atom stereocenters. The summed E-state index contributed by atoms with van der Waals surface area (Å²) in [5.74, 6) is 0.380. The molecule has 1 amide bonds. The Morgan fingerprint density at radius 3 is 2.97 bits per heavy atom. The van der Waals surface area contributed by atoms with Gasteiger partial charge in [-0.2, -0.15) is 5.10 Å². The molecule has 152 valence electrons. The van der Waals surface area contributed by atoms with Crippen LogP contribution in [0, 0.1) is 11.7 Å². The first-order valence-corrected chi connectivity index (χ1v) is 11.2. The smallest absolute Gasteiger partial charge is 0.269 e. The summed E-state index contributed by atoms with van der Waals surface area (Å²) < 4.78 is 2.33. The number of carbonyl (C=O) groups is 1. The topological polar surface area (TPSA) is 88.5 Å². The molecule has 0 fully saturated rings. The number of aromatic amines is 1. The van der Waals surface area contributed by atoms with E-state index >= 15 is 0 Å². The van der Waals surface area contributed by atoms with Crippen LogP contribution in [0.4, 0.5) is 5.13 Å². The van der Waals surface area contributed by atoms with Crippen LogP contribution in [0.25, 0.3) is 21.3 Å². The van der Waals surface area contributed by atoms with Crippen molar-refractivity contribution in [2.75, 3.05) is 5.32 Å². The number of carbonyl (C=O) groups excluding carboxylic acids is 1. The lowest BCUT2D eigenvalue weighted by Gasteiger charge is -2.01. The van der Waals surface area contributed by atoms with Gasteiger partial charge >= 0.3 is 0 Å². The Morgan fingerprint density at radius 2 is 2.20 bits per heavy atom. The third-order valence-corrected chi connectivity index (χ3v) is 6.86. The lowest BCUT2D eigenvalue weighted by atomic mass is 10.2. The Balaban J connectivity index is 1.57. The first-order chi connectivity index (χ1) is 14.5. The van der Waals surface area contributed by atoms with Crippen molar-refractivity contribution >= 4 is 57.5 Å². The maximum absolute atomic E-state index is 12.7. The fraction of sp³-hybridized carbons (Fsp3) is 0.105. The highest BCUT2D eigenvalue weighted by molar-refractivity contribution is 7.71. The normalized spacial score (nSPS) is 10.9. The SMILES string of the molecule is C=CCn1c(-c2sc(NC(=O)c3cnc(-c4ccccc4Cl)s3)nc2C)n[nH]c1=S. The van der Waals surface area contributed by atoms with Crippen LogP contribution in [0.15, 0.2) is 43.1 Å². The summed E-state index contributed by atoms with van der Waals surface area (Å²) in [4.78, 5) is 22.8. The number of halogens is 1. The van der Waals surface area contributed by atoms with Gasteiger partial charge in [-0.15, -0.1) is 17.9 Å². The quantitative estimate of drug-likeness (QED) is 0.281. The molecule has 4 rings (SSSR count). The number of anilines is 1. The van der Waals surface area contributed by atoms with Gasteiger partial charge < -0.3 is 0 Å². The molecule has 1 aromatic carbocycles. The number of rotatable bonds is 6. The van der Waals surface area contributed by atoms with Crippen molar-refractivity contribution in [2.45, 2.75) is 13.5 Å². The van der Waals surface area contributed by atoms with E-state index < -0.39 is 0 Å². The fourth-order valence-electron chi connectivity index (χ4n) is 2.74. The van der Waals surface area contributed by atoms with E-state index in [9.17, 15) is 4.79 Å². The van der Waals surface area contributed by atoms with Crippen LogP contribution in [0.5, 0.6) is 0 Å². The molecule has 0 aliphatic heterocycles. The molecule has 11 heteroatoms. The number of amides is 1. The number of hydrogen-bond donors (Lipinski definition) is 2. The fourth-order valence-corrected chi connectivity index (χ4v) is 5.04. The predicted molar refractivity (Wildman–Crippen MR) is 124 cm³/mol. The highest BCUT2D eigenvalue weighted by Gasteiger charge is 2.19. The number of nitrogens with zero attached hydrogens (tertiary/aromatic N) is 4. The van der Waals surface area contributed by atoms with Gasteiger partial charge in [0, 0.05) is 12.1 Å². The largest absolute Gasteiger partial charge is 0.297 e. The number of nitrogens with one attached hydrogen (secondary N) is 2. The molecule has 30 heavy (non-hydrogen) atoms. The molecule has 7 nitrogen and oxygen atoms in total. The van der Waals surface area contributed by atoms with E-state index in [0.717, 1.165) is 16.1 Å². The number of benzene rings is 1. The summed E-state index contributed by atoms with van der Waals surface area (Å²) >= 11 is 14.1. The van der Waals surface area contributed by atoms with Crippen LogP contribution >= 0.6 is 46.5 Å². The van der Waals surface area contributed by atoms with Gasteiger partial charge in [0.1, 0.15) is 9.88 Å². The summed E-state index contributed by atoms with van der Waals surface area (Å²) in [6.45, 7) is 6.13. The van der Waals surface area contributed by atoms with E-state index in [1.54, 1.807) is 12.1 Å². The Labute approximate surface area is 190 Å². The monoisotopic (exact) mass is 474 g/mol. The van der Waals surface area contributed by atoms with E-state index in [1.807, 2.05) is 29.7 Å². The number of thiazole rings is 2. The van der Waals surface area contributed by atoms with E-state index in [4.69, 9.17) is 23.8 Å². The summed E-state index contributed by atoms with van der Waals surface area (Å²) in [5.41, 5.74) is 1.54. The van der Waals surface area contributed by atoms with E-state index in [0.29, 0.717) is 37.2 Å². The molecule has 2 N–H and O–H groups in total. The molecule has 0 saturated heterocycles. The average molecular weight is 475 g/mol. The van der Waals surface area contributed by atoms with E-state index in [2.05, 4.69) is 32.1 Å². The Morgan fingerprint density at radius 1 is 1.40 bits per heavy atom. The van der Waals surface area contributed by atoms with Crippen LogP contribution in [0.1, 0.15) is 15.4 Å². The molecule has 0 aliphatic carbocycles. The summed E-state index contributed by atoms with van der Waals surface area (Å²) in [7, 11) is 0. The third-order valence-electron chi connectivity index (χ3n) is 4.12. The maximum atomic E-state index is 12.7. The van der Waals surface area contributed by atoms with Crippen LogP contribution in [0.3, 0.4) is 0 Å². The van der Waals surface area contributed by atoms with Gasteiger partial charge in [-0.3, -0.25) is 19.8 Å². The minimum Gasteiger partial charge on any atom is -0.297 e. The van der Waals surface area contributed by atoms with Crippen molar-refractivity contribution in [3.63, 3.8) is 0 Å². The number of hydrogen-bond acceptors (Lipinski definition) is 7. The maximum Gasteiger partial charge on any atom is 0.269 e. The predicted octanol–water partition coefficient (Wildman–Crippen LogP) is 5.59. The van der Waals surface area contributed by atoms with Crippen molar-refractivity contribution in [3.8, 4) is 21.3 Å². The van der Waals surface area contributed by atoms with E-state index in [1.165, 1.54) is 28.9 Å². The minimum absolute atomic E-state index is 0.281. The van der Waals surface area contributed by atoms with Crippen molar-refractivity contribution in [2.24, 2.45) is 0 Å². The zero-order chi connectivity index (χ0) is 21.3. The molecular weight excluding hydrogens is 460 g/mol. The molecule has 0 aliphatic rings. The zero-order valence-corrected chi connectivity index (χ0v) is 18.9. The number of aromatic nitrogens is 5. The Kier molecular flexibility index (Phi) is 5.91.